The van der Waals surface area contributed by atoms with E-state index in [-0.39, 0.29) is 29.3 Å². The van der Waals surface area contributed by atoms with E-state index in [1.54, 1.807) is 113 Å². The van der Waals surface area contributed by atoms with Crippen LogP contribution in [0.1, 0.15) is 66.2 Å². The number of nitrogens with one attached hydrogen (secondary N) is 3. The Balaban J connectivity index is 0.000000176. The van der Waals surface area contributed by atoms with Gasteiger partial charge in [0.15, 0.2) is 0 Å². The lowest BCUT2D eigenvalue weighted by Gasteiger charge is -2.20. The summed E-state index contributed by atoms with van der Waals surface area (Å²) in [7, 11) is 6.55. The fraction of sp³-hybridized carbons (Fsp3) is 0.179. The van der Waals surface area contributed by atoms with E-state index in [0.29, 0.717) is 103 Å². The van der Waals surface area contributed by atoms with Gasteiger partial charge >= 0.3 is 17.9 Å². The van der Waals surface area contributed by atoms with E-state index in [1.165, 1.54) is 6.20 Å². The Hall–Kier alpha value is -12.4. The van der Waals surface area contributed by atoms with Crippen LogP contribution in [-0.2, 0) is 59.2 Å². The highest BCUT2D eigenvalue weighted by Crippen LogP contribution is 2.43. The van der Waals surface area contributed by atoms with Gasteiger partial charge in [0.25, 0.3) is 17.7 Å². The van der Waals surface area contributed by atoms with Crippen LogP contribution in [0.4, 0.5) is 30.7 Å². The van der Waals surface area contributed by atoms with Crippen molar-refractivity contribution in [1.29, 1.82) is 5.26 Å². The molecule has 22 nitrogen and oxygen atoms in total. The molecule has 3 atom stereocenters. The molecule has 0 aliphatic heterocycles. The summed E-state index contributed by atoms with van der Waals surface area (Å²) < 4.78 is 135. The van der Waals surface area contributed by atoms with Crippen molar-refractivity contribution in [3.05, 3.63) is 271 Å². The van der Waals surface area contributed by atoms with Crippen molar-refractivity contribution >= 4 is 87.4 Å². The second kappa shape index (κ2) is 36.0. The third kappa shape index (κ3) is 17.8. The number of halogens is 10. The van der Waals surface area contributed by atoms with Gasteiger partial charge < -0.3 is 57.6 Å². The van der Waals surface area contributed by atoms with Crippen LogP contribution in [0.2, 0.25) is 15.1 Å². The Bertz CT molecular complexity index is 5450. The minimum absolute atomic E-state index is 0.0524. The highest BCUT2D eigenvalue weighted by Gasteiger charge is 2.32. The van der Waals surface area contributed by atoms with Crippen LogP contribution in [0.15, 0.2) is 171 Å². The van der Waals surface area contributed by atoms with Gasteiger partial charge in [-0.15, -0.1) is 0 Å². The van der Waals surface area contributed by atoms with Crippen molar-refractivity contribution in [2.24, 2.45) is 0 Å². The SMILES string of the molecule is CCOCc1cc(OC)c(-c2ccc(C[C@H](NC(=O)c3c(F)cccc3F)C(=O)OC)n3ccnc23)c(OC)c1.COC(=O)[C@H](Cc1ccc(-c2c(Cl)cc(F)cc2Cl)c2nccn12)NC(=O)c1c(F)cccc1F.COC(=O)[C@H](Cc1ccc(-c2ccc(C#N)cc2Cl)c2nccn12)NC(=O)c1c(F)cccc1F. The molecule has 566 valence electrons. The number of esters is 3. The van der Waals surface area contributed by atoms with Crippen molar-refractivity contribution < 1.29 is 87.9 Å². The monoisotopic (exact) mass is 1570 g/mol. The first-order valence-corrected chi connectivity index (χ1v) is 34.0. The first-order chi connectivity index (χ1) is 52.9. The number of benzene rings is 6. The van der Waals surface area contributed by atoms with Gasteiger partial charge in [-0.3, -0.25) is 14.4 Å². The molecule has 0 spiro atoms. The number of nitrogens with zero attached hydrogens (tertiary/aromatic N) is 7. The number of carbonyl (C=O) groups is 6. The lowest BCUT2D eigenvalue weighted by atomic mass is 10.0. The maximum atomic E-state index is 14.2. The van der Waals surface area contributed by atoms with E-state index < -0.39 is 111 Å². The number of rotatable bonds is 23. The molecular formula is C78H62Cl3F7N10O12. The predicted molar refractivity (Wildman–Crippen MR) is 390 cm³/mol. The highest BCUT2D eigenvalue weighted by molar-refractivity contribution is 6.39. The van der Waals surface area contributed by atoms with Gasteiger partial charge in [-0.2, -0.15) is 5.26 Å². The summed E-state index contributed by atoms with van der Waals surface area (Å²) in [4.78, 5) is 88.6. The molecule has 0 aliphatic carbocycles. The van der Waals surface area contributed by atoms with Gasteiger partial charge in [0.05, 0.1) is 69.4 Å². The number of fused-ring (bicyclic) bond motifs is 3. The zero-order valence-electron chi connectivity index (χ0n) is 58.7. The molecule has 12 rings (SSSR count). The molecule has 0 bridgehead atoms. The number of amides is 3. The van der Waals surface area contributed by atoms with Gasteiger partial charge in [-0.05, 0) is 122 Å². The van der Waals surface area contributed by atoms with E-state index >= 15 is 0 Å². The zero-order chi connectivity index (χ0) is 79.2. The van der Waals surface area contributed by atoms with Crippen LogP contribution in [-0.4, -0.2) is 124 Å². The molecule has 6 heterocycles. The number of hydrogen-bond acceptors (Lipinski definition) is 16. The Labute approximate surface area is 636 Å². The molecule has 0 fully saturated rings. The molecule has 3 amide bonds. The Morgan fingerprint density at radius 2 is 0.800 bits per heavy atom. The van der Waals surface area contributed by atoms with Gasteiger partial charge in [-0.1, -0.05) is 59.1 Å². The number of hydrogen-bond donors (Lipinski definition) is 3. The van der Waals surface area contributed by atoms with Crippen LogP contribution < -0.4 is 25.4 Å². The molecular weight excluding hydrogens is 1510 g/mol. The molecule has 0 saturated carbocycles. The van der Waals surface area contributed by atoms with Crippen LogP contribution in [0.3, 0.4) is 0 Å². The molecule has 0 unspecified atom stereocenters. The molecule has 0 radical (unpaired) electrons. The maximum absolute atomic E-state index is 14.2. The first-order valence-electron chi connectivity index (χ1n) is 32.9. The largest absolute Gasteiger partial charge is 0.496 e. The van der Waals surface area contributed by atoms with Crippen molar-refractivity contribution in [2.45, 2.75) is 50.9 Å². The van der Waals surface area contributed by atoms with Crippen LogP contribution >= 0.6 is 34.8 Å². The van der Waals surface area contributed by atoms with Crippen molar-refractivity contribution in [1.82, 2.24) is 44.1 Å². The Kier molecular flexibility index (Phi) is 26.3. The van der Waals surface area contributed by atoms with E-state index in [1.807, 2.05) is 25.1 Å². The fourth-order valence-electron chi connectivity index (χ4n) is 11.9. The third-order valence-corrected chi connectivity index (χ3v) is 18.0. The smallest absolute Gasteiger partial charge is 0.328 e. The van der Waals surface area contributed by atoms with Crippen molar-refractivity contribution in [3.63, 3.8) is 0 Å². The summed E-state index contributed by atoms with van der Waals surface area (Å²) in [5.41, 5.74) is 5.54. The molecule has 6 aromatic carbocycles. The number of nitriles is 1. The van der Waals surface area contributed by atoms with Gasteiger partial charge in [-0.25, -0.2) is 60.1 Å². The minimum atomic E-state index is -1.28. The summed E-state index contributed by atoms with van der Waals surface area (Å²) >= 11 is 18.8. The second-order valence-electron chi connectivity index (χ2n) is 23.7. The second-order valence-corrected chi connectivity index (χ2v) is 24.9. The summed E-state index contributed by atoms with van der Waals surface area (Å²) in [5, 5.41) is 16.7. The summed E-state index contributed by atoms with van der Waals surface area (Å²) in [6.45, 7) is 2.86. The lowest BCUT2D eigenvalue weighted by Crippen LogP contribution is -2.44. The number of methoxy groups -OCH3 is 5. The van der Waals surface area contributed by atoms with Crippen molar-refractivity contribution in [3.8, 4) is 50.9 Å². The average Bonchev–Trinajstić information content (AvgIpc) is 1.31. The van der Waals surface area contributed by atoms with Crippen LogP contribution in [0.5, 0.6) is 11.5 Å². The van der Waals surface area contributed by atoms with E-state index in [4.69, 9.17) is 68.5 Å². The predicted octanol–water partition coefficient (Wildman–Crippen LogP) is 13.9. The molecule has 12 aromatic rings. The molecule has 32 heteroatoms. The van der Waals surface area contributed by atoms with E-state index in [2.05, 4.69) is 30.9 Å². The normalized spacial score (nSPS) is 11.8. The first kappa shape index (κ1) is 80.2. The minimum Gasteiger partial charge on any atom is -0.496 e. The topological polar surface area (TPSA) is 270 Å². The number of carbonyl (C=O) groups excluding carboxylic acids is 6. The standard InChI is InChI=1S/C29H29F2N3O6.C25H17ClF2N4O3.C24H16Cl2F3N3O3/c1-5-40-16-17-13-23(37-2)25(24(14-17)38-3)19-10-9-18(34-12-11-32-27(19)34)15-22(29(36)39-4)33-28(35)26-20(30)7-6-8-21(26)31;1-35-25(34)21(31-24(33)22-19(27)3-2-4-20(22)28)12-15-6-8-17(23-30-9-10-32(15)23)16-7-5-14(13-29)11-18(16)26;1-35-24(34)19(31-23(33)21-17(28)3-2-4-18(21)29)11-13-5-6-14(22-30-7-8-32(13)22)20-15(25)9-12(27)10-16(20)26/h6-14,22H,5,15-16H2,1-4H3,(H,33,35);2-11,21H,12H2,1H3,(H,31,33);2-10,19H,11H2,1H3,(H,31,33)/t22-;21-;19-/m000/s1. The number of pyridine rings is 3. The van der Waals surface area contributed by atoms with E-state index in [9.17, 15) is 59.5 Å². The van der Waals surface area contributed by atoms with Gasteiger partial charge in [0.2, 0.25) is 0 Å². The van der Waals surface area contributed by atoms with Gasteiger partial charge in [0, 0.05) is 113 Å². The number of imidazole rings is 3. The molecule has 110 heavy (non-hydrogen) atoms. The molecule has 0 saturated heterocycles. The molecule has 0 aliphatic rings. The van der Waals surface area contributed by atoms with E-state index in [0.717, 1.165) is 93.6 Å². The maximum Gasteiger partial charge on any atom is 0.328 e. The van der Waals surface area contributed by atoms with Crippen LogP contribution in [0, 0.1) is 52.1 Å². The quantitative estimate of drug-likeness (QED) is 0.0305. The van der Waals surface area contributed by atoms with Crippen LogP contribution in [0.25, 0.3) is 50.3 Å². The molecule has 6 aromatic heterocycles. The number of aromatic nitrogens is 6. The fourth-order valence-corrected chi connectivity index (χ4v) is 12.9. The Morgan fingerprint density at radius 3 is 1.14 bits per heavy atom. The number of ether oxygens (including phenoxy) is 6. The third-order valence-electron chi connectivity index (χ3n) is 17.1. The summed E-state index contributed by atoms with van der Waals surface area (Å²) in [5.74, 6) is -11.5. The van der Waals surface area contributed by atoms with Gasteiger partial charge in [0.1, 0.15) is 104 Å². The molecule has 3 N–H and O–H groups in total. The Morgan fingerprint density at radius 1 is 0.455 bits per heavy atom. The average molecular weight is 1570 g/mol. The summed E-state index contributed by atoms with van der Waals surface area (Å²) in [6.07, 6.45) is 9.39. The highest BCUT2D eigenvalue weighted by atomic mass is 35.5. The van der Waals surface area contributed by atoms with Crippen molar-refractivity contribution in [2.75, 3.05) is 42.2 Å². The summed E-state index contributed by atoms with van der Waals surface area (Å²) in [6, 6.07) is 28.5. The zero-order valence-corrected chi connectivity index (χ0v) is 61.0. The lowest BCUT2D eigenvalue weighted by molar-refractivity contribution is -0.143.